The van der Waals surface area contributed by atoms with E-state index in [0.717, 1.165) is 50.2 Å². The number of hydrogen-bond acceptors (Lipinski definition) is 3. The lowest BCUT2D eigenvalue weighted by Crippen LogP contribution is -2.10. The van der Waals surface area contributed by atoms with Crippen LogP contribution in [0.5, 0.6) is 0 Å². The third-order valence-corrected chi connectivity index (χ3v) is 9.63. The summed E-state index contributed by atoms with van der Waals surface area (Å²) in [4.78, 5) is 6.78. The van der Waals surface area contributed by atoms with Gasteiger partial charge in [-0.25, -0.2) is 4.98 Å². The van der Waals surface area contributed by atoms with Gasteiger partial charge in [0.15, 0.2) is 0 Å². The molecule has 0 N–H and O–H groups in total. The van der Waals surface area contributed by atoms with E-state index < -0.39 is 0 Å². The topological polar surface area (TPSA) is 34.2 Å². The van der Waals surface area contributed by atoms with Gasteiger partial charge in [-0.3, -0.25) is 0 Å². The van der Waals surface area contributed by atoms with Crippen LogP contribution in [0.1, 0.15) is 0 Å². The van der Waals surface area contributed by atoms with E-state index in [1.165, 1.54) is 32.6 Å². The van der Waals surface area contributed by atoms with Crippen molar-refractivity contribution in [2.45, 2.75) is 0 Å². The first-order valence-electron chi connectivity index (χ1n) is 16.5. The number of pyridine rings is 1. The van der Waals surface area contributed by atoms with Crippen molar-refractivity contribution in [3.05, 3.63) is 176 Å². The lowest BCUT2D eigenvalue weighted by atomic mass is 9.99. The van der Waals surface area contributed by atoms with E-state index in [-0.39, 0.29) is 0 Å². The molecule has 4 nitrogen and oxygen atoms in total. The Morgan fingerprint density at radius 3 is 2.12 bits per heavy atom. The molecule has 10 rings (SSSR count). The summed E-state index contributed by atoms with van der Waals surface area (Å²) in [5.41, 5.74) is 10.5. The second-order valence-corrected chi connectivity index (χ2v) is 12.4. The summed E-state index contributed by atoms with van der Waals surface area (Å²) in [6, 6.07) is 60.4. The van der Waals surface area contributed by atoms with Crippen molar-refractivity contribution in [3.8, 4) is 16.8 Å². The molecule has 0 saturated heterocycles. The zero-order valence-electron chi connectivity index (χ0n) is 26.5. The largest absolute Gasteiger partial charge is 0.438 e. The molecule has 0 unspecified atom stereocenters. The van der Waals surface area contributed by atoms with Crippen molar-refractivity contribution in [2.75, 3.05) is 4.90 Å². The molecule has 10 aromatic rings. The minimum Gasteiger partial charge on any atom is -0.438 e. The SMILES string of the molecule is c1ccc(N(c2ccc(-c3cccc4oc5ncccc5c34)cc2)c2cccc(-n3c4ccccc4c4c5ccccc5ccc43)c2)cc1. The first kappa shape index (κ1) is 27.5. The lowest BCUT2D eigenvalue weighted by Gasteiger charge is -2.26. The van der Waals surface area contributed by atoms with Gasteiger partial charge in [0.05, 0.1) is 11.0 Å². The zero-order valence-corrected chi connectivity index (χ0v) is 26.5. The molecule has 7 aromatic carbocycles. The van der Waals surface area contributed by atoms with Crippen LogP contribution in [0.3, 0.4) is 0 Å². The van der Waals surface area contributed by atoms with Gasteiger partial charge in [-0.05, 0) is 94.7 Å². The molecular formula is C45H29N3O. The third-order valence-electron chi connectivity index (χ3n) is 9.63. The first-order chi connectivity index (χ1) is 24.3. The summed E-state index contributed by atoms with van der Waals surface area (Å²) in [6.07, 6.45) is 1.77. The van der Waals surface area contributed by atoms with E-state index in [9.17, 15) is 0 Å². The highest BCUT2D eigenvalue weighted by molar-refractivity contribution is 6.21. The molecule has 230 valence electrons. The first-order valence-corrected chi connectivity index (χ1v) is 16.5. The minimum absolute atomic E-state index is 0.660. The fraction of sp³-hybridized carbons (Fsp3) is 0. The second kappa shape index (κ2) is 11.0. The van der Waals surface area contributed by atoms with Crippen LogP contribution in [0.2, 0.25) is 0 Å². The summed E-state index contributed by atoms with van der Waals surface area (Å²) in [7, 11) is 0. The molecule has 0 aliphatic heterocycles. The molecule has 0 bridgehead atoms. The summed E-state index contributed by atoms with van der Waals surface area (Å²) >= 11 is 0. The molecule has 49 heavy (non-hydrogen) atoms. The van der Waals surface area contributed by atoms with E-state index in [2.05, 4.69) is 166 Å². The number of hydrogen-bond donors (Lipinski definition) is 0. The van der Waals surface area contributed by atoms with Gasteiger partial charge in [0.25, 0.3) is 0 Å². The number of para-hydroxylation sites is 2. The molecule has 0 saturated carbocycles. The van der Waals surface area contributed by atoms with E-state index in [4.69, 9.17) is 4.42 Å². The number of anilines is 3. The number of furan rings is 1. The zero-order chi connectivity index (χ0) is 32.3. The van der Waals surface area contributed by atoms with Gasteiger partial charge in [0.1, 0.15) is 5.58 Å². The predicted octanol–water partition coefficient (Wildman–Crippen LogP) is 12.4. The monoisotopic (exact) mass is 627 g/mol. The maximum absolute atomic E-state index is 6.09. The average molecular weight is 628 g/mol. The Kier molecular flexibility index (Phi) is 6.15. The fourth-order valence-electron chi connectivity index (χ4n) is 7.50. The van der Waals surface area contributed by atoms with E-state index in [1.807, 2.05) is 18.2 Å². The van der Waals surface area contributed by atoms with Gasteiger partial charge in [-0.2, -0.15) is 0 Å². The minimum atomic E-state index is 0.660. The van der Waals surface area contributed by atoms with Gasteiger partial charge >= 0.3 is 0 Å². The van der Waals surface area contributed by atoms with Gasteiger partial charge in [0.2, 0.25) is 5.71 Å². The van der Waals surface area contributed by atoms with Gasteiger partial charge < -0.3 is 13.9 Å². The number of nitrogens with zero attached hydrogens (tertiary/aromatic N) is 3. The van der Waals surface area contributed by atoms with Crippen LogP contribution in [0.15, 0.2) is 180 Å². The highest BCUT2D eigenvalue weighted by atomic mass is 16.3. The van der Waals surface area contributed by atoms with Crippen LogP contribution < -0.4 is 4.90 Å². The summed E-state index contributed by atoms with van der Waals surface area (Å²) in [5.74, 6) is 0. The highest BCUT2D eigenvalue weighted by Gasteiger charge is 2.18. The van der Waals surface area contributed by atoms with Gasteiger partial charge in [0, 0.05) is 50.5 Å². The van der Waals surface area contributed by atoms with Crippen LogP contribution in [0, 0.1) is 0 Å². The molecule has 0 aliphatic rings. The van der Waals surface area contributed by atoms with E-state index in [0.29, 0.717) is 5.71 Å². The van der Waals surface area contributed by atoms with Crippen LogP contribution in [-0.2, 0) is 0 Å². The standard InChI is InChI=1S/C45H29N3O/c1-2-12-32(13-3-1)47(33-25-22-31(23-26-33)37-18-9-21-42-44(37)39-19-10-28-46-45(39)49-42)34-14-8-15-35(29-34)48-40-20-7-6-17-38(40)43-36-16-5-4-11-30(36)24-27-41(43)48/h1-29H. The summed E-state index contributed by atoms with van der Waals surface area (Å²) < 4.78 is 8.49. The molecule has 0 radical (unpaired) electrons. The average Bonchev–Trinajstić information content (AvgIpc) is 3.72. The number of rotatable bonds is 5. The molecule has 3 aromatic heterocycles. The Labute approximate surface area is 282 Å². The normalized spacial score (nSPS) is 11.7. The molecule has 0 aliphatic carbocycles. The third kappa shape index (κ3) is 4.35. The predicted molar refractivity (Wildman–Crippen MR) is 203 cm³/mol. The quantitative estimate of drug-likeness (QED) is 0.190. The Bertz CT molecular complexity index is 2830. The van der Waals surface area contributed by atoms with E-state index >= 15 is 0 Å². The molecule has 4 heteroatoms. The summed E-state index contributed by atoms with van der Waals surface area (Å²) in [6.45, 7) is 0. The van der Waals surface area contributed by atoms with E-state index in [1.54, 1.807) is 6.20 Å². The highest BCUT2D eigenvalue weighted by Crippen LogP contribution is 2.41. The van der Waals surface area contributed by atoms with Crippen molar-refractivity contribution >= 4 is 71.7 Å². The Balaban J connectivity index is 1.13. The molecule has 0 spiro atoms. The number of benzene rings is 7. The maximum Gasteiger partial charge on any atom is 0.227 e. The number of fused-ring (bicyclic) bond motifs is 8. The molecule has 0 amide bonds. The lowest BCUT2D eigenvalue weighted by molar-refractivity contribution is 0.654. The Morgan fingerprint density at radius 1 is 0.490 bits per heavy atom. The van der Waals surface area contributed by atoms with Crippen molar-refractivity contribution in [1.29, 1.82) is 0 Å². The van der Waals surface area contributed by atoms with Gasteiger partial charge in [-0.1, -0.05) is 97.1 Å². The molecule has 3 heterocycles. The van der Waals surface area contributed by atoms with Crippen molar-refractivity contribution in [1.82, 2.24) is 9.55 Å². The van der Waals surface area contributed by atoms with Crippen LogP contribution in [-0.4, -0.2) is 9.55 Å². The molecule has 0 fully saturated rings. The van der Waals surface area contributed by atoms with Gasteiger partial charge in [-0.15, -0.1) is 0 Å². The maximum atomic E-state index is 6.09. The summed E-state index contributed by atoms with van der Waals surface area (Å²) in [5, 5.41) is 7.17. The van der Waals surface area contributed by atoms with Crippen LogP contribution in [0.25, 0.3) is 71.5 Å². The Morgan fingerprint density at radius 2 is 1.22 bits per heavy atom. The van der Waals surface area contributed by atoms with Crippen molar-refractivity contribution in [3.63, 3.8) is 0 Å². The second-order valence-electron chi connectivity index (χ2n) is 12.4. The smallest absolute Gasteiger partial charge is 0.227 e. The molecule has 0 atom stereocenters. The van der Waals surface area contributed by atoms with Crippen molar-refractivity contribution in [2.24, 2.45) is 0 Å². The van der Waals surface area contributed by atoms with Crippen molar-refractivity contribution < 1.29 is 4.42 Å². The Hall–Kier alpha value is -6.65. The molecular weight excluding hydrogens is 599 g/mol. The fourth-order valence-corrected chi connectivity index (χ4v) is 7.50. The number of aromatic nitrogens is 2. The van der Waals surface area contributed by atoms with Crippen LogP contribution in [0.4, 0.5) is 17.1 Å². The van der Waals surface area contributed by atoms with Crippen LogP contribution >= 0.6 is 0 Å².